The van der Waals surface area contributed by atoms with Crippen molar-refractivity contribution in [2.75, 3.05) is 24.8 Å². The quantitative estimate of drug-likeness (QED) is 0.520. The molecule has 0 aliphatic rings. The van der Waals surface area contributed by atoms with E-state index in [1.807, 2.05) is 55.5 Å². The van der Waals surface area contributed by atoms with Gasteiger partial charge >= 0.3 is 0 Å². The Balaban J connectivity index is 1.44. The minimum atomic E-state index is -0.586. The number of ether oxygens (including phenoxy) is 2. The molecular formula is C19H21N3O3S2. The fourth-order valence-corrected chi connectivity index (χ4v) is 3.93. The Morgan fingerprint density at radius 1 is 1.15 bits per heavy atom. The highest BCUT2D eigenvalue weighted by Gasteiger charge is 2.10. The maximum atomic E-state index is 10.1. The average Bonchev–Trinajstić information content (AvgIpc) is 3.13. The summed E-state index contributed by atoms with van der Waals surface area (Å²) in [5.41, 5.74) is 2.04. The van der Waals surface area contributed by atoms with Crippen molar-refractivity contribution in [1.82, 2.24) is 10.2 Å². The number of rotatable bonds is 9. The van der Waals surface area contributed by atoms with Crippen LogP contribution < -0.4 is 14.8 Å². The van der Waals surface area contributed by atoms with Crippen LogP contribution >= 0.6 is 23.1 Å². The van der Waals surface area contributed by atoms with Crippen LogP contribution in [0.3, 0.4) is 0 Å². The third-order valence-electron chi connectivity index (χ3n) is 3.58. The van der Waals surface area contributed by atoms with Crippen LogP contribution in [0.5, 0.6) is 11.5 Å². The Morgan fingerprint density at radius 2 is 1.96 bits per heavy atom. The summed E-state index contributed by atoms with van der Waals surface area (Å²) in [7, 11) is 1.64. The van der Waals surface area contributed by atoms with Gasteiger partial charge in [0.15, 0.2) is 4.34 Å². The van der Waals surface area contributed by atoms with Gasteiger partial charge in [-0.3, -0.25) is 0 Å². The van der Waals surface area contributed by atoms with Gasteiger partial charge in [0.1, 0.15) is 18.1 Å². The van der Waals surface area contributed by atoms with E-state index in [1.165, 1.54) is 23.1 Å². The molecule has 6 nitrogen and oxygen atoms in total. The van der Waals surface area contributed by atoms with Gasteiger partial charge in [-0.1, -0.05) is 35.2 Å². The zero-order valence-electron chi connectivity index (χ0n) is 15.1. The second-order valence-corrected chi connectivity index (χ2v) is 8.06. The number of aliphatic hydroxyl groups excluding tert-OH is 1. The summed E-state index contributed by atoms with van der Waals surface area (Å²) >= 11 is 2.90. The fraction of sp³-hybridized carbons (Fsp3) is 0.263. The number of thioether (sulfide) groups is 1. The standard InChI is InChI=1S/C19H21N3O3S2/c1-13-4-3-5-17(10-13)25-11-15(23)12-26-19-22-21-18(27-19)20-14-6-8-16(24-2)9-7-14/h3-10,15,23H,11-12H2,1-2H3,(H,20,21)/t15-/m0/s1. The van der Waals surface area contributed by atoms with Gasteiger partial charge in [-0.05, 0) is 48.9 Å². The topological polar surface area (TPSA) is 76.5 Å². The molecule has 1 heterocycles. The summed E-state index contributed by atoms with van der Waals surface area (Å²) in [5.74, 6) is 2.06. The summed E-state index contributed by atoms with van der Waals surface area (Å²) in [6.45, 7) is 2.25. The van der Waals surface area contributed by atoms with Crippen LogP contribution in [-0.2, 0) is 0 Å². The van der Waals surface area contributed by atoms with Crippen molar-refractivity contribution in [2.24, 2.45) is 0 Å². The summed E-state index contributed by atoms with van der Waals surface area (Å²) in [6, 6.07) is 15.4. The number of nitrogens with one attached hydrogen (secondary N) is 1. The molecule has 27 heavy (non-hydrogen) atoms. The number of aromatic nitrogens is 2. The van der Waals surface area contributed by atoms with Crippen LogP contribution in [0, 0.1) is 6.92 Å². The van der Waals surface area contributed by atoms with Gasteiger partial charge < -0.3 is 19.9 Å². The highest BCUT2D eigenvalue weighted by atomic mass is 32.2. The van der Waals surface area contributed by atoms with E-state index in [9.17, 15) is 5.11 Å². The lowest BCUT2D eigenvalue weighted by molar-refractivity contribution is 0.126. The number of benzene rings is 2. The van der Waals surface area contributed by atoms with Crippen LogP contribution in [-0.4, -0.2) is 40.9 Å². The molecule has 1 aromatic heterocycles. The lowest BCUT2D eigenvalue weighted by Crippen LogP contribution is -2.20. The predicted molar refractivity (Wildman–Crippen MR) is 110 cm³/mol. The summed E-state index contributed by atoms with van der Waals surface area (Å²) in [6.07, 6.45) is -0.586. The smallest absolute Gasteiger partial charge is 0.210 e. The van der Waals surface area contributed by atoms with Crippen molar-refractivity contribution in [2.45, 2.75) is 17.4 Å². The summed E-state index contributed by atoms with van der Waals surface area (Å²) < 4.78 is 11.6. The molecule has 3 rings (SSSR count). The molecule has 0 unspecified atom stereocenters. The van der Waals surface area contributed by atoms with Crippen molar-refractivity contribution < 1.29 is 14.6 Å². The number of anilines is 2. The van der Waals surface area contributed by atoms with E-state index < -0.39 is 6.10 Å². The van der Waals surface area contributed by atoms with Crippen molar-refractivity contribution >= 4 is 33.9 Å². The summed E-state index contributed by atoms with van der Waals surface area (Å²) in [5, 5.41) is 22.3. The molecular weight excluding hydrogens is 382 g/mol. The van der Waals surface area contributed by atoms with Crippen molar-refractivity contribution in [1.29, 1.82) is 0 Å². The first kappa shape index (κ1) is 19.5. The second kappa shape index (κ2) is 9.59. The molecule has 0 aliphatic heterocycles. The Labute approximate surface area is 166 Å². The van der Waals surface area contributed by atoms with Gasteiger partial charge in [-0.25, -0.2) is 0 Å². The second-order valence-electron chi connectivity index (χ2n) is 5.82. The largest absolute Gasteiger partial charge is 0.497 e. The molecule has 0 spiro atoms. The lowest BCUT2D eigenvalue weighted by atomic mass is 10.2. The Bertz CT molecular complexity index is 855. The van der Waals surface area contributed by atoms with Crippen LogP contribution in [0.25, 0.3) is 0 Å². The molecule has 0 bridgehead atoms. The Kier molecular flexibility index (Phi) is 6.92. The number of aliphatic hydroxyl groups is 1. The van der Waals surface area contributed by atoms with E-state index >= 15 is 0 Å². The van der Waals surface area contributed by atoms with Gasteiger partial charge in [0.25, 0.3) is 0 Å². The van der Waals surface area contributed by atoms with Gasteiger partial charge in [0.2, 0.25) is 5.13 Å². The third kappa shape index (κ3) is 6.13. The predicted octanol–water partition coefficient (Wildman–Crippen LogP) is 4.13. The molecule has 142 valence electrons. The normalized spacial score (nSPS) is 11.8. The molecule has 0 aliphatic carbocycles. The molecule has 2 aromatic carbocycles. The van der Waals surface area contributed by atoms with E-state index in [0.717, 1.165) is 27.1 Å². The van der Waals surface area contributed by atoms with Crippen LogP contribution in [0.15, 0.2) is 52.9 Å². The molecule has 0 fully saturated rings. The first-order valence-electron chi connectivity index (χ1n) is 8.37. The first-order valence-corrected chi connectivity index (χ1v) is 10.2. The van der Waals surface area contributed by atoms with E-state index in [4.69, 9.17) is 9.47 Å². The maximum Gasteiger partial charge on any atom is 0.210 e. The molecule has 1 atom stereocenters. The number of methoxy groups -OCH3 is 1. The zero-order valence-corrected chi connectivity index (χ0v) is 16.7. The number of hydrogen-bond donors (Lipinski definition) is 2. The highest BCUT2D eigenvalue weighted by molar-refractivity contribution is 8.01. The Morgan fingerprint density at radius 3 is 2.70 bits per heavy atom. The van der Waals surface area contributed by atoms with E-state index in [-0.39, 0.29) is 6.61 Å². The van der Waals surface area contributed by atoms with Crippen molar-refractivity contribution in [3.05, 3.63) is 54.1 Å². The minimum absolute atomic E-state index is 0.242. The average molecular weight is 404 g/mol. The van der Waals surface area contributed by atoms with E-state index in [0.29, 0.717) is 10.9 Å². The monoisotopic (exact) mass is 403 g/mol. The van der Waals surface area contributed by atoms with Crippen LogP contribution in [0.4, 0.5) is 10.8 Å². The van der Waals surface area contributed by atoms with Crippen molar-refractivity contribution in [3.63, 3.8) is 0 Å². The molecule has 0 radical (unpaired) electrons. The highest BCUT2D eigenvalue weighted by Crippen LogP contribution is 2.28. The zero-order chi connectivity index (χ0) is 19.1. The first-order chi connectivity index (χ1) is 13.1. The molecule has 3 aromatic rings. The number of nitrogens with zero attached hydrogens (tertiary/aromatic N) is 2. The molecule has 0 saturated carbocycles. The molecule has 2 N–H and O–H groups in total. The molecule has 0 saturated heterocycles. The molecule has 8 heteroatoms. The lowest BCUT2D eigenvalue weighted by Gasteiger charge is -2.11. The van der Waals surface area contributed by atoms with Gasteiger partial charge in [0.05, 0.1) is 13.2 Å². The van der Waals surface area contributed by atoms with Crippen LogP contribution in [0.1, 0.15) is 5.56 Å². The summed E-state index contributed by atoms with van der Waals surface area (Å²) in [4.78, 5) is 0. The Hall–Kier alpha value is -2.29. The maximum absolute atomic E-state index is 10.1. The third-order valence-corrected chi connectivity index (χ3v) is 5.70. The molecule has 0 amide bonds. The van der Waals surface area contributed by atoms with Crippen LogP contribution in [0.2, 0.25) is 0 Å². The van der Waals surface area contributed by atoms with E-state index in [1.54, 1.807) is 7.11 Å². The van der Waals surface area contributed by atoms with Gasteiger partial charge in [0, 0.05) is 11.4 Å². The fourth-order valence-electron chi connectivity index (χ4n) is 2.23. The van der Waals surface area contributed by atoms with Crippen molar-refractivity contribution in [3.8, 4) is 11.5 Å². The van der Waals surface area contributed by atoms with E-state index in [2.05, 4.69) is 15.5 Å². The van der Waals surface area contributed by atoms with Gasteiger partial charge in [-0.15, -0.1) is 10.2 Å². The number of hydrogen-bond acceptors (Lipinski definition) is 8. The number of aryl methyl sites for hydroxylation is 1. The van der Waals surface area contributed by atoms with Gasteiger partial charge in [-0.2, -0.15) is 0 Å². The SMILES string of the molecule is COc1ccc(Nc2nnc(SC[C@@H](O)COc3cccc(C)c3)s2)cc1. The minimum Gasteiger partial charge on any atom is -0.497 e.